The highest BCUT2D eigenvalue weighted by atomic mass is 35.5. The number of anilines is 1. The number of hydrogen-bond donors (Lipinski definition) is 2. The summed E-state index contributed by atoms with van der Waals surface area (Å²) in [5.74, 6) is 0.573. The first-order valence-electron chi connectivity index (χ1n) is 8.91. The number of benzene rings is 2. The van der Waals surface area contributed by atoms with Crippen LogP contribution in [0.4, 0.5) is 5.82 Å². The number of fused-ring (bicyclic) bond motifs is 1. The van der Waals surface area contributed by atoms with E-state index >= 15 is 0 Å². The molecule has 2 N–H and O–H groups in total. The van der Waals surface area contributed by atoms with Crippen molar-refractivity contribution in [1.29, 1.82) is 0 Å². The van der Waals surface area contributed by atoms with E-state index in [9.17, 15) is 4.79 Å². The molecule has 2 heterocycles. The molecule has 5 nitrogen and oxygen atoms in total. The number of nitrogens with zero attached hydrogens (tertiary/aromatic N) is 2. The summed E-state index contributed by atoms with van der Waals surface area (Å²) in [5, 5.41) is 9.52. The number of halogens is 2. The molecule has 0 unspecified atom stereocenters. The van der Waals surface area contributed by atoms with Crippen LogP contribution in [0.25, 0.3) is 10.9 Å². The quantitative estimate of drug-likeness (QED) is 0.451. The van der Waals surface area contributed by atoms with E-state index in [1.165, 1.54) is 0 Å². The summed E-state index contributed by atoms with van der Waals surface area (Å²) < 4.78 is 1.71. The molecule has 0 aliphatic carbocycles. The largest absolute Gasteiger partial charge is 0.361 e. The van der Waals surface area contributed by atoms with Gasteiger partial charge < -0.3 is 10.3 Å². The number of hydrogen-bond acceptors (Lipinski definition) is 2. The molecule has 0 bridgehead atoms. The number of aromatic amines is 1. The van der Waals surface area contributed by atoms with Gasteiger partial charge in [0, 0.05) is 39.6 Å². The second-order valence-electron chi connectivity index (χ2n) is 6.52. The lowest BCUT2D eigenvalue weighted by Crippen LogP contribution is -2.16. The van der Waals surface area contributed by atoms with Crippen molar-refractivity contribution in [2.24, 2.45) is 0 Å². The molecule has 0 atom stereocenters. The van der Waals surface area contributed by atoms with E-state index in [1.807, 2.05) is 30.5 Å². The summed E-state index contributed by atoms with van der Waals surface area (Å²) >= 11 is 12.2. The Morgan fingerprint density at radius 3 is 2.82 bits per heavy atom. The fourth-order valence-corrected chi connectivity index (χ4v) is 3.64. The summed E-state index contributed by atoms with van der Waals surface area (Å²) in [6.45, 7) is 0.445. The maximum atomic E-state index is 12.5. The lowest BCUT2D eigenvalue weighted by Gasteiger charge is -2.10. The van der Waals surface area contributed by atoms with Gasteiger partial charge in [-0.25, -0.2) is 4.68 Å². The molecule has 4 rings (SSSR count). The minimum Gasteiger partial charge on any atom is -0.361 e. The summed E-state index contributed by atoms with van der Waals surface area (Å²) in [7, 11) is 0. The number of aromatic nitrogens is 3. The smallest absolute Gasteiger partial charge is 0.225 e. The maximum absolute atomic E-state index is 12.5. The van der Waals surface area contributed by atoms with Crippen LogP contribution >= 0.6 is 23.2 Å². The minimum atomic E-state index is -0.0609. The van der Waals surface area contributed by atoms with E-state index in [0.717, 1.165) is 22.0 Å². The fourth-order valence-electron chi connectivity index (χ4n) is 3.17. The van der Waals surface area contributed by atoms with E-state index in [1.54, 1.807) is 29.1 Å². The Labute approximate surface area is 172 Å². The van der Waals surface area contributed by atoms with Gasteiger partial charge in [0.1, 0.15) is 5.82 Å². The Morgan fingerprint density at radius 2 is 1.96 bits per heavy atom. The molecule has 0 aliphatic heterocycles. The highest BCUT2D eigenvalue weighted by molar-refractivity contribution is 6.35. The van der Waals surface area contributed by atoms with E-state index < -0.39 is 0 Å². The number of rotatable bonds is 6. The summed E-state index contributed by atoms with van der Waals surface area (Å²) in [6.07, 6.45) is 4.66. The van der Waals surface area contributed by atoms with Crippen LogP contribution in [0.2, 0.25) is 10.0 Å². The van der Waals surface area contributed by atoms with Gasteiger partial charge in [-0.1, -0.05) is 47.5 Å². The maximum Gasteiger partial charge on any atom is 0.225 e. The first kappa shape index (κ1) is 18.6. The third kappa shape index (κ3) is 4.06. The highest BCUT2D eigenvalue weighted by Crippen LogP contribution is 2.23. The van der Waals surface area contributed by atoms with Crippen LogP contribution < -0.4 is 5.32 Å². The molecule has 0 aliphatic rings. The van der Waals surface area contributed by atoms with Gasteiger partial charge in [-0.15, -0.1) is 0 Å². The molecule has 2 aromatic carbocycles. The van der Waals surface area contributed by atoms with Crippen LogP contribution in [0.5, 0.6) is 0 Å². The summed E-state index contributed by atoms with van der Waals surface area (Å²) in [6, 6.07) is 15.2. The van der Waals surface area contributed by atoms with Crippen LogP contribution in [0.3, 0.4) is 0 Å². The third-order valence-corrected chi connectivity index (χ3v) is 5.20. The summed E-state index contributed by atoms with van der Waals surface area (Å²) in [4.78, 5) is 15.7. The molecule has 0 spiro atoms. The first-order chi connectivity index (χ1) is 13.6. The van der Waals surface area contributed by atoms with Crippen molar-refractivity contribution in [3.05, 3.63) is 82.1 Å². The summed E-state index contributed by atoms with van der Waals surface area (Å²) in [5.41, 5.74) is 3.09. The van der Waals surface area contributed by atoms with Gasteiger partial charge in [0.05, 0.1) is 12.7 Å². The fraction of sp³-hybridized carbons (Fsp3) is 0.143. The molecule has 0 saturated heterocycles. The second-order valence-corrected chi connectivity index (χ2v) is 7.36. The molecular weight excluding hydrogens is 395 g/mol. The van der Waals surface area contributed by atoms with E-state index in [4.69, 9.17) is 23.2 Å². The highest BCUT2D eigenvalue weighted by Gasteiger charge is 2.11. The number of carbonyl (C=O) groups is 1. The number of nitrogens with one attached hydrogen (secondary N) is 2. The normalized spacial score (nSPS) is 11.1. The minimum absolute atomic E-state index is 0.0609. The molecule has 0 radical (unpaired) electrons. The molecule has 28 heavy (non-hydrogen) atoms. The van der Waals surface area contributed by atoms with Crippen LogP contribution in [0, 0.1) is 0 Å². The Bertz CT molecular complexity index is 1130. The Hall–Kier alpha value is -2.76. The average molecular weight is 413 g/mol. The van der Waals surface area contributed by atoms with E-state index in [-0.39, 0.29) is 5.91 Å². The number of amides is 1. The lowest BCUT2D eigenvalue weighted by atomic mass is 10.1. The Kier molecular flexibility index (Phi) is 5.37. The first-order valence-corrected chi connectivity index (χ1v) is 9.66. The van der Waals surface area contributed by atoms with Gasteiger partial charge in [-0.3, -0.25) is 4.79 Å². The van der Waals surface area contributed by atoms with Crippen molar-refractivity contribution >= 4 is 45.8 Å². The second kappa shape index (κ2) is 8.09. The van der Waals surface area contributed by atoms with Crippen LogP contribution in [-0.4, -0.2) is 20.7 Å². The molecule has 4 aromatic rings. The van der Waals surface area contributed by atoms with E-state index in [2.05, 4.69) is 21.5 Å². The molecule has 0 fully saturated rings. The lowest BCUT2D eigenvalue weighted by molar-refractivity contribution is -0.116. The van der Waals surface area contributed by atoms with E-state index in [0.29, 0.717) is 35.2 Å². The van der Waals surface area contributed by atoms with Gasteiger partial charge >= 0.3 is 0 Å². The predicted molar refractivity (Wildman–Crippen MR) is 113 cm³/mol. The van der Waals surface area contributed by atoms with Crippen LogP contribution in [0.1, 0.15) is 17.5 Å². The molecule has 1 amide bonds. The van der Waals surface area contributed by atoms with Crippen molar-refractivity contribution in [2.75, 3.05) is 5.32 Å². The van der Waals surface area contributed by atoms with Gasteiger partial charge in [-0.2, -0.15) is 5.10 Å². The standard InChI is InChI=1S/C21H18Cl2N4O/c22-16-7-5-15(18(23)11-16)13-27-20(9-10-25-27)26-21(28)8-6-14-12-24-19-4-2-1-3-17(14)19/h1-5,7,9-12,24H,6,8,13H2,(H,26,28). The SMILES string of the molecule is O=C(CCc1c[nH]c2ccccc12)Nc1ccnn1Cc1ccc(Cl)cc1Cl. The molecule has 142 valence electrons. The van der Waals surface area contributed by atoms with Gasteiger partial charge in [0.2, 0.25) is 5.91 Å². The topological polar surface area (TPSA) is 62.7 Å². The van der Waals surface area contributed by atoms with Crippen molar-refractivity contribution < 1.29 is 4.79 Å². The molecular formula is C21H18Cl2N4O. The van der Waals surface area contributed by atoms with Gasteiger partial charge in [0.15, 0.2) is 0 Å². The zero-order valence-corrected chi connectivity index (χ0v) is 16.5. The van der Waals surface area contributed by atoms with Crippen LogP contribution in [0.15, 0.2) is 60.9 Å². The average Bonchev–Trinajstić information content (AvgIpc) is 3.29. The molecule has 2 aromatic heterocycles. The predicted octanol–water partition coefficient (Wildman–Crippen LogP) is 5.29. The molecule has 0 saturated carbocycles. The third-order valence-electron chi connectivity index (χ3n) is 4.62. The van der Waals surface area contributed by atoms with Gasteiger partial charge in [-0.05, 0) is 35.7 Å². The molecule has 7 heteroatoms. The van der Waals surface area contributed by atoms with Crippen molar-refractivity contribution in [3.63, 3.8) is 0 Å². The Morgan fingerprint density at radius 1 is 1.11 bits per heavy atom. The number of aryl methyl sites for hydroxylation is 1. The van der Waals surface area contributed by atoms with Crippen molar-refractivity contribution in [3.8, 4) is 0 Å². The van der Waals surface area contributed by atoms with Crippen molar-refractivity contribution in [2.45, 2.75) is 19.4 Å². The monoisotopic (exact) mass is 412 g/mol. The van der Waals surface area contributed by atoms with Gasteiger partial charge in [0.25, 0.3) is 0 Å². The zero-order valence-electron chi connectivity index (χ0n) is 15.0. The number of para-hydroxylation sites is 1. The van der Waals surface area contributed by atoms with Crippen molar-refractivity contribution in [1.82, 2.24) is 14.8 Å². The number of H-pyrrole nitrogens is 1. The zero-order chi connectivity index (χ0) is 19.5. The van der Waals surface area contributed by atoms with Crippen LogP contribution in [-0.2, 0) is 17.8 Å². The number of carbonyl (C=O) groups excluding carboxylic acids is 1. The Balaban J connectivity index is 1.40.